The lowest BCUT2D eigenvalue weighted by Gasteiger charge is -2.24. The van der Waals surface area contributed by atoms with Crippen molar-refractivity contribution in [2.24, 2.45) is 0 Å². The molecule has 0 saturated heterocycles. The van der Waals surface area contributed by atoms with E-state index in [0.717, 1.165) is 6.07 Å². The molecular formula is C10H8F6O3S. The first-order valence-electron chi connectivity index (χ1n) is 4.96. The van der Waals surface area contributed by atoms with Crippen molar-refractivity contribution in [2.45, 2.75) is 30.1 Å². The van der Waals surface area contributed by atoms with E-state index in [1.807, 2.05) is 0 Å². The zero-order chi connectivity index (χ0) is 15.9. The van der Waals surface area contributed by atoms with Crippen LogP contribution in [0.1, 0.15) is 17.0 Å². The Hall–Kier alpha value is -1.29. The van der Waals surface area contributed by atoms with Crippen molar-refractivity contribution in [3.63, 3.8) is 0 Å². The number of benzene rings is 1. The van der Waals surface area contributed by atoms with Gasteiger partial charge in [0.2, 0.25) is 0 Å². The summed E-state index contributed by atoms with van der Waals surface area (Å²) in [5, 5.41) is 0. The molecule has 0 saturated carbocycles. The average Bonchev–Trinajstić information content (AvgIpc) is 2.09. The minimum atomic E-state index is -5.74. The van der Waals surface area contributed by atoms with Crippen LogP contribution in [0.2, 0.25) is 0 Å². The molecule has 10 heteroatoms. The van der Waals surface area contributed by atoms with Crippen molar-refractivity contribution < 1.29 is 39.3 Å². The first-order chi connectivity index (χ1) is 8.74. The van der Waals surface area contributed by atoms with E-state index in [-0.39, 0.29) is 5.56 Å². The van der Waals surface area contributed by atoms with E-state index in [9.17, 15) is 34.8 Å². The molecule has 0 amide bonds. The largest absolute Gasteiger partial charge is 0.404 e. The molecular weight excluding hydrogens is 314 g/mol. The van der Waals surface area contributed by atoms with Gasteiger partial charge in [-0.3, -0.25) is 4.55 Å². The Balaban J connectivity index is 3.69. The van der Waals surface area contributed by atoms with Gasteiger partial charge in [0.1, 0.15) is 0 Å². The van der Waals surface area contributed by atoms with E-state index < -0.39 is 38.8 Å². The molecule has 20 heavy (non-hydrogen) atoms. The second kappa shape index (κ2) is 4.92. The van der Waals surface area contributed by atoms with Crippen molar-refractivity contribution in [1.82, 2.24) is 0 Å². The van der Waals surface area contributed by atoms with Crippen LogP contribution in [-0.4, -0.2) is 25.3 Å². The van der Waals surface area contributed by atoms with Crippen LogP contribution >= 0.6 is 0 Å². The molecule has 114 valence electrons. The topological polar surface area (TPSA) is 54.4 Å². The lowest BCUT2D eigenvalue weighted by atomic mass is 9.96. The Kier molecular flexibility index (Phi) is 4.12. The zero-order valence-corrected chi connectivity index (χ0v) is 10.6. The number of aryl methyl sites for hydroxylation is 1. The lowest BCUT2D eigenvalue weighted by Crippen LogP contribution is -2.35. The standard InChI is InChI=1S/C10H8F6O3S/c1-5-2-3-7(20(17,18)19)6(4-5)8(9(11,12)13)10(14,15)16/h2-4,8H,1H3,(H,17,18,19). The summed E-state index contributed by atoms with van der Waals surface area (Å²) in [6.07, 6.45) is -11.5. The van der Waals surface area contributed by atoms with Gasteiger partial charge in [-0.15, -0.1) is 0 Å². The Morgan fingerprint density at radius 3 is 1.85 bits per heavy atom. The molecule has 1 aromatic rings. The van der Waals surface area contributed by atoms with Gasteiger partial charge in [-0.2, -0.15) is 34.8 Å². The van der Waals surface area contributed by atoms with Crippen LogP contribution in [-0.2, 0) is 10.1 Å². The lowest BCUT2D eigenvalue weighted by molar-refractivity contribution is -0.254. The molecule has 0 aromatic heterocycles. The minimum Gasteiger partial charge on any atom is -0.282 e. The molecule has 0 atom stereocenters. The minimum absolute atomic E-state index is 0.00843. The van der Waals surface area contributed by atoms with Crippen LogP contribution in [0.25, 0.3) is 0 Å². The average molecular weight is 322 g/mol. The number of halogens is 6. The Morgan fingerprint density at radius 2 is 1.50 bits per heavy atom. The summed E-state index contributed by atoms with van der Waals surface area (Å²) >= 11 is 0. The normalized spacial score (nSPS) is 13.8. The van der Waals surface area contributed by atoms with E-state index in [4.69, 9.17) is 4.55 Å². The summed E-state index contributed by atoms with van der Waals surface area (Å²) in [5.41, 5.74) is -1.56. The summed E-state index contributed by atoms with van der Waals surface area (Å²) in [7, 11) is -5.22. The highest BCUT2D eigenvalue weighted by Gasteiger charge is 2.58. The van der Waals surface area contributed by atoms with Crippen molar-refractivity contribution in [1.29, 1.82) is 0 Å². The van der Waals surface area contributed by atoms with Crippen LogP contribution < -0.4 is 0 Å². The number of rotatable bonds is 2. The Labute approximate surface area is 110 Å². The molecule has 0 aliphatic carbocycles. The summed E-state index contributed by atoms with van der Waals surface area (Å²) in [6.45, 7) is 1.20. The van der Waals surface area contributed by atoms with Crippen molar-refractivity contribution in [2.75, 3.05) is 0 Å². The van der Waals surface area contributed by atoms with Crippen LogP contribution in [0.4, 0.5) is 26.3 Å². The highest BCUT2D eigenvalue weighted by Crippen LogP contribution is 2.48. The van der Waals surface area contributed by atoms with E-state index in [0.29, 0.717) is 12.1 Å². The van der Waals surface area contributed by atoms with Crippen LogP contribution in [0.15, 0.2) is 23.1 Å². The molecule has 3 nitrogen and oxygen atoms in total. The number of alkyl halides is 6. The third-order valence-electron chi connectivity index (χ3n) is 2.41. The highest BCUT2D eigenvalue weighted by molar-refractivity contribution is 7.85. The molecule has 1 N–H and O–H groups in total. The van der Waals surface area contributed by atoms with Gasteiger partial charge in [0.05, 0.1) is 4.90 Å². The molecule has 1 aromatic carbocycles. The SMILES string of the molecule is Cc1ccc(S(=O)(=O)O)c(C(C(F)(F)F)C(F)(F)F)c1. The molecule has 1 rings (SSSR count). The van der Waals surface area contributed by atoms with E-state index >= 15 is 0 Å². The van der Waals surface area contributed by atoms with Gasteiger partial charge in [0, 0.05) is 0 Å². The van der Waals surface area contributed by atoms with Gasteiger partial charge in [0.15, 0.2) is 5.92 Å². The quantitative estimate of drug-likeness (QED) is 0.670. The fourth-order valence-corrected chi connectivity index (χ4v) is 2.38. The van der Waals surface area contributed by atoms with E-state index in [1.165, 1.54) is 6.92 Å². The Morgan fingerprint density at radius 1 is 1.05 bits per heavy atom. The van der Waals surface area contributed by atoms with Crippen LogP contribution in [0.5, 0.6) is 0 Å². The third kappa shape index (κ3) is 3.63. The molecule has 0 aliphatic heterocycles. The van der Waals surface area contributed by atoms with Gasteiger partial charge >= 0.3 is 12.4 Å². The van der Waals surface area contributed by atoms with Gasteiger partial charge in [-0.05, 0) is 18.6 Å². The van der Waals surface area contributed by atoms with E-state index in [1.54, 1.807) is 0 Å². The summed E-state index contributed by atoms with van der Waals surface area (Å²) in [5.74, 6) is -3.99. The first kappa shape index (κ1) is 16.8. The second-order valence-electron chi connectivity index (χ2n) is 4.03. The fourth-order valence-electron chi connectivity index (χ4n) is 1.67. The summed E-state index contributed by atoms with van der Waals surface area (Å²) in [4.78, 5) is -1.41. The fraction of sp³-hybridized carbons (Fsp3) is 0.400. The smallest absolute Gasteiger partial charge is 0.282 e. The predicted octanol–water partition coefficient (Wildman–Crippen LogP) is 3.45. The maximum Gasteiger partial charge on any atom is 0.404 e. The maximum absolute atomic E-state index is 12.6. The van der Waals surface area contributed by atoms with Gasteiger partial charge in [-0.25, -0.2) is 0 Å². The van der Waals surface area contributed by atoms with Crippen molar-refractivity contribution in [3.8, 4) is 0 Å². The van der Waals surface area contributed by atoms with Gasteiger partial charge < -0.3 is 0 Å². The first-order valence-corrected chi connectivity index (χ1v) is 6.40. The molecule has 0 aliphatic rings. The molecule has 0 fully saturated rings. The van der Waals surface area contributed by atoms with Crippen molar-refractivity contribution in [3.05, 3.63) is 29.3 Å². The van der Waals surface area contributed by atoms with E-state index in [2.05, 4.69) is 0 Å². The molecule has 0 bridgehead atoms. The number of hydrogen-bond donors (Lipinski definition) is 1. The monoisotopic (exact) mass is 322 g/mol. The highest BCUT2D eigenvalue weighted by atomic mass is 32.2. The number of hydrogen-bond acceptors (Lipinski definition) is 2. The molecule has 0 unspecified atom stereocenters. The molecule has 0 heterocycles. The second-order valence-corrected chi connectivity index (χ2v) is 5.42. The molecule has 0 spiro atoms. The maximum atomic E-state index is 12.6. The predicted molar refractivity (Wildman–Crippen MR) is 55.8 cm³/mol. The van der Waals surface area contributed by atoms with Gasteiger partial charge in [-0.1, -0.05) is 17.7 Å². The summed E-state index contributed by atoms with van der Waals surface area (Å²) < 4.78 is 106. The van der Waals surface area contributed by atoms with Crippen molar-refractivity contribution >= 4 is 10.1 Å². The van der Waals surface area contributed by atoms with Crippen LogP contribution in [0, 0.1) is 6.92 Å². The third-order valence-corrected chi connectivity index (χ3v) is 3.34. The van der Waals surface area contributed by atoms with Gasteiger partial charge in [0.25, 0.3) is 10.1 Å². The van der Waals surface area contributed by atoms with Crippen LogP contribution in [0.3, 0.4) is 0 Å². The summed E-state index contributed by atoms with van der Waals surface area (Å²) in [6, 6.07) is 1.93. The Bertz CT molecular complexity index is 588. The zero-order valence-electron chi connectivity index (χ0n) is 9.75. The molecule has 0 radical (unpaired) electrons.